The van der Waals surface area contributed by atoms with Crippen LogP contribution in [0.4, 0.5) is 5.69 Å². The van der Waals surface area contributed by atoms with Gasteiger partial charge in [-0.15, -0.1) is 0 Å². The molecular weight excluding hydrogens is 268 g/mol. The van der Waals surface area contributed by atoms with Gasteiger partial charge in [-0.3, -0.25) is 14.5 Å². The number of carbonyl (C=O) groups excluding carboxylic acids is 2. The molecule has 0 unspecified atom stereocenters. The molecule has 116 valence electrons. The Kier molecular flexibility index (Phi) is 7.64. The van der Waals surface area contributed by atoms with Crippen molar-refractivity contribution in [3.63, 3.8) is 0 Å². The Morgan fingerprint density at radius 2 is 1.90 bits per heavy atom. The summed E-state index contributed by atoms with van der Waals surface area (Å²) < 4.78 is 0. The first-order valence-corrected chi connectivity index (χ1v) is 7.24. The Morgan fingerprint density at radius 1 is 1.19 bits per heavy atom. The molecule has 1 rings (SSSR count). The van der Waals surface area contributed by atoms with E-state index in [9.17, 15) is 9.59 Å². The summed E-state index contributed by atoms with van der Waals surface area (Å²) in [4.78, 5) is 25.4. The summed E-state index contributed by atoms with van der Waals surface area (Å²) in [6.45, 7) is 2.79. The lowest BCUT2D eigenvalue weighted by Gasteiger charge is -2.16. The van der Waals surface area contributed by atoms with Crippen LogP contribution in [0, 0.1) is 0 Å². The number of ketones is 1. The minimum absolute atomic E-state index is 0.0664. The summed E-state index contributed by atoms with van der Waals surface area (Å²) in [5.74, 6) is -0.198. The predicted octanol–water partition coefficient (Wildman–Crippen LogP) is 1.92. The number of para-hydroxylation sites is 1. The number of benzene rings is 1. The van der Waals surface area contributed by atoms with Crippen molar-refractivity contribution in [3.05, 3.63) is 29.8 Å². The molecule has 0 aliphatic carbocycles. The zero-order chi connectivity index (χ0) is 15.7. The van der Waals surface area contributed by atoms with E-state index in [1.54, 1.807) is 24.3 Å². The molecular formula is C16H24N2O3. The highest BCUT2D eigenvalue weighted by Crippen LogP contribution is 2.15. The number of rotatable bonds is 9. The van der Waals surface area contributed by atoms with Crippen molar-refractivity contribution < 1.29 is 14.7 Å². The average Bonchev–Trinajstić information content (AvgIpc) is 2.43. The smallest absolute Gasteiger partial charge is 0.238 e. The van der Waals surface area contributed by atoms with Crippen molar-refractivity contribution in [2.75, 3.05) is 32.1 Å². The van der Waals surface area contributed by atoms with E-state index in [-0.39, 0.29) is 24.8 Å². The van der Waals surface area contributed by atoms with Gasteiger partial charge in [0.25, 0.3) is 0 Å². The van der Waals surface area contributed by atoms with Crippen molar-refractivity contribution in [2.24, 2.45) is 0 Å². The fraction of sp³-hybridized carbons (Fsp3) is 0.500. The molecule has 0 saturated heterocycles. The van der Waals surface area contributed by atoms with Gasteiger partial charge in [0.05, 0.1) is 12.2 Å². The van der Waals surface area contributed by atoms with Crippen LogP contribution in [0.3, 0.4) is 0 Å². The van der Waals surface area contributed by atoms with Gasteiger partial charge in [0.1, 0.15) is 0 Å². The van der Waals surface area contributed by atoms with Gasteiger partial charge in [0.15, 0.2) is 5.78 Å². The minimum Gasteiger partial charge on any atom is -0.396 e. The second kappa shape index (κ2) is 9.26. The predicted molar refractivity (Wildman–Crippen MR) is 83.5 cm³/mol. The topological polar surface area (TPSA) is 69.6 Å². The summed E-state index contributed by atoms with van der Waals surface area (Å²) in [6, 6.07) is 7.01. The number of amides is 1. The molecule has 0 atom stereocenters. The van der Waals surface area contributed by atoms with Crippen LogP contribution >= 0.6 is 0 Å². The van der Waals surface area contributed by atoms with Crippen molar-refractivity contribution in [2.45, 2.75) is 26.2 Å². The van der Waals surface area contributed by atoms with Crippen molar-refractivity contribution >= 4 is 17.4 Å². The number of aliphatic hydroxyl groups is 1. The standard InChI is InChI=1S/C16H24N2O3/c1-13(20)14-8-4-5-9-15(14)17-16(21)12-18(2)10-6-3-7-11-19/h4-5,8-9,19H,3,6-7,10-12H2,1-2H3,(H,17,21). The van der Waals surface area contributed by atoms with Crippen LogP contribution in [0.15, 0.2) is 24.3 Å². The maximum Gasteiger partial charge on any atom is 0.238 e. The summed E-state index contributed by atoms with van der Waals surface area (Å²) in [6.07, 6.45) is 2.70. The maximum atomic E-state index is 12.0. The molecule has 1 amide bonds. The van der Waals surface area contributed by atoms with E-state index < -0.39 is 0 Å². The first-order chi connectivity index (χ1) is 10.0. The molecule has 0 aliphatic rings. The minimum atomic E-state index is -0.131. The number of hydrogen-bond acceptors (Lipinski definition) is 4. The number of Topliss-reactive ketones (excluding diaryl/α,β-unsaturated/α-hetero) is 1. The van der Waals surface area contributed by atoms with E-state index in [0.717, 1.165) is 25.8 Å². The first-order valence-electron chi connectivity index (χ1n) is 7.24. The van der Waals surface area contributed by atoms with E-state index in [2.05, 4.69) is 5.32 Å². The average molecular weight is 292 g/mol. The Balaban J connectivity index is 2.45. The molecule has 2 N–H and O–H groups in total. The van der Waals surface area contributed by atoms with Gasteiger partial charge in [0, 0.05) is 12.2 Å². The molecule has 0 fully saturated rings. The molecule has 0 bridgehead atoms. The van der Waals surface area contributed by atoms with Gasteiger partial charge in [-0.05, 0) is 51.9 Å². The number of carbonyl (C=O) groups is 2. The van der Waals surface area contributed by atoms with E-state index in [0.29, 0.717) is 11.3 Å². The van der Waals surface area contributed by atoms with E-state index >= 15 is 0 Å². The van der Waals surface area contributed by atoms with Gasteiger partial charge in [-0.1, -0.05) is 12.1 Å². The molecule has 0 aliphatic heterocycles. The Morgan fingerprint density at radius 3 is 2.57 bits per heavy atom. The van der Waals surface area contributed by atoms with Crippen molar-refractivity contribution in [1.29, 1.82) is 0 Å². The first kappa shape index (κ1) is 17.3. The third-order valence-electron chi connectivity index (χ3n) is 3.19. The molecule has 5 heteroatoms. The van der Waals surface area contributed by atoms with Crippen LogP contribution in [-0.2, 0) is 4.79 Å². The van der Waals surface area contributed by atoms with Crippen molar-refractivity contribution in [1.82, 2.24) is 4.90 Å². The van der Waals surface area contributed by atoms with Crippen molar-refractivity contribution in [3.8, 4) is 0 Å². The highest BCUT2D eigenvalue weighted by molar-refractivity contribution is 6.04. The highest BCUT2D eigenvalue weighted by Gasteiger charge is 2.11. The molecule has 1 aromatic rings. The number of anilines is 1. The third kappa shape index (κ3) is 6.51. The Labute approximate surface area is 126 Å². The fourth-order valence-electron chi connectivity index (χ4n) is 2.08. The fourth-order valence-corrected chi connectivity index (χ4v) is 2.08. The number of unbranched alkanes of at least 4 members (excludes halogenated alkanes) is 2. The molecule has 1 aromatic carbocycles. The second-order valence-corrected chi connectivity index (χ2v) is 5.17. The van der Waals surface area contributed by atoms with E-state index in [1.807, 2.05) is 11.9 Å². The SMILES string of the molecule is CC(=O)c1ccccc1NC(=O)CN(C)CCCCCO. The Bertz CT molecular complexity index is 474. The van der Waals surface area contributed by atoms with E-state index in [4.69, 9.17) is 5.11 Å². The molecule has 0 aromatic heterocycles. The van der Waals surface area contributed by atoms with Gasteiger partial charge < -0.3 is 10.4 Å². The second-order valence-electron chi connectivity index (χ2n) is 5.17. The number of nitrogens with zero attached hydrogens (tertiary/aromatic N) is 1. The quantitative estimate of drug-likeness (QED) is 0.539. The monoisotopic (exact) mass is 292 g/mol. The molecule has 0 saturated carbocycles. The lowest BCUT2D eigenvalue weighted by atomic mass is 10.1. The van der Waals surface area contributed by atoms with Crippen LogP contribution in [0.2, 0.25) is 0 Å². The van der Waals surface area contributed by atoms with Crippen LogP contribution in [0.1, 0.15) is 36.5 Å². The third-order valence-corrected chi connectivity index (χ3v) is 3.19. The zero-order valence-electron chi connectivity index (χ0n) is 12.8. The highest BCUT2D eigenvalue weighted by atomic mass is 16.3. The maximum absolute atomic E-state index is 12.0. The molecule has 0 heterocycles. The van der Waals surface area contributed by atoms with Gasteiger partial charge in [0.2, 0.25) is 5.91 Å². The number of aliphatic hydroxyl groups excluding tert-OH is 1. The largest absolute Gasteiger partial charge is 0.396 e. The lowest BCUT2D eigenvalue weighted by Crippen LogP contribution is -2.31. The molecule has 0 spiro atoms. The van der Waals surface area contributed by atoms with Gasteiger partial charge >= 0.3 is 0 Å². The van der Waals surface area contributed by atoms with E-state index in [1.165, 1.54) is 6.92 Å². The molecule has 21 heavy (non-hydrogen) atoms. The Hall–Kier alpha value is -1.72. The number of nitrogens with one attached hydrogen (secondary N) is 1. The van der Waals surface area contributed by atoms with Crippen LogP contribution in [0.5, 0.6) is 0 Å². The summed E-state index contributed by atoms with van der Waals surface area (Å²) in [7, 11) is 1.88. The normalized spacial score (nSPS) is 10.7. The van der Waals surface area contributed by atoms with Crippen LogP contribution in [-0.4, -0.2) is 48.4 Å². The van der Waals surface area contributed by atoms with Crippen LogP contribution < -0.4 is 5.32 Å². The van der Waals surface area contributed by atoms with Gasteiger partial charge in [-0.2, -0.15) is 0 Å². The summed E-state index contributed by atoms with van der Waals surface area (Å²) in [5.41, 5.74) is 1.08. The summed E-state index contributed by atoms with van der Waals surface area (Å²) in [5, 5.41) is 11.5. The summed E-state index contributed by atoms with van der Waals surface area (Å²) >= 11 is 0. The molecule has 0 radical (unpaired) electrons. The van der Waals surface area contributed by atoms with Gasteiger partial charge in [-0.25, -0.2) is 0 Å². The number of likely N-dealkylation sites (N-methyl/N-ethyl adjacent to an activating group) is 1. The molecule has 5 nitrogen and oxygen atoms in total. The zero-order valence-corrected chi connectivity index (χ0v) is 12.8. The number of hydrogen-bond donors (Lipinski definition) is 2. The lowest BCUT2D eigenvalue weighted by molar-refractivity contribution is -0.117. The van der Waals surface area contributed by atoms with Crippen LogP contribution in [0.25, 0.3) is 0 Å².